The summed E-state index contributed by atoms with van der Waals surface area (Å²) in [7, 11) is 0. The highest BCUT2D eigenvalue weighted by Gasteiger charge is 2.01. The van der Waals surface area contributed by atoms with Crippen molar-refractivity contribution >= 4 is 11.7 Å². The summed E-state index contributed by atoms with van der Waals surface area (Å²) in [5, 5.41) is 5.75. The molecule has 0 saturated carbocycles. The number of urea groups is 1. The van der Waals surface area contributed by atoms with E-state index in [1.54, 1.807) is 0 Å². The maximum absolute atomic E-state index is 11.8. The minimum atomic E-state index is -0.135. The molecule has 0 unspecified atom stereocenters. The average Bonchev–Trinajstić information content (AvgIpc) is 2.56. The quantitative estimate of drug-likeness (QED) is 0.731. The molecule has 22 heavy (non-hydrogen) atoms. The van der Waals surface area contributed by atoms with Crippen molar-refractivity contribution in [2.45, 2.75) is 32.6 Å². The first-order valence-electron chi connectivity index (χ1n) is 7.95. The van der Waals surface area contributed by atoms with Gasteiger partial charge in [-0.15, -0.1) is 0 Å². The third-order valence-electron chi connectivity index (χ3n) is 3.64. The van der Waals surface area contributed by atoms with E-state index in [1.165, 1.54) is 11.1 Å². The van der Waals surface area contributed by atoms with Crippen LogP contribution in [0.15, 0.2) is 54.6 Å². The summed E-state index contributed by atoms with van der Waals surface area (Å²) < 4.78 is 0. The highest BCUT2D eigenvalue weighted by atomic mass is 16.2. The summed E-state index contributed by atoms with van der Waals surface area (Å²) in [5.41, 5.74) is 3.45. The largest absolute Gasteiger partial charge is 0.338 e. The Morgan fingerprint density at radius 3 is 2.32 bits per heavy atom. The molecule has 3 heteroatoms. The van der Waals surface area contributed by atoms with Gasteiger partial charge in [-0.3, -0.25) is 0 Å². The highest BCUT2D eigenvalue weighted by molar-refractivity contribution is 5.89. The van der Waals surface area contributed by atoms with Gasteiger partial charge in [0, 0.05) is 12.2 Å². The predicted octanol–water partition coefficient (Wildman–Crippen LogP) is 4.39. The van der Waals surface area contributed by atoms with E-state index in [9.17, 15) is 4.79 Å². The average molecular weight is 296 g/mol. The zero-order valence-corrected chi connectivity index (χ0v) is 13.1. The zero-order chi connectivity index (χ0) is 15.6. The maximum Gasteiger partial charge on any atom is 0.319 e. The fraction of sp³-hybridized carbons (Fsp3) is 0.316. The molecule has 0 saturated heterocycles. The van der Waals surface area contributed by atoms with Crippen LogP contribution in [-0.4, -0.2) is 12.6 Å². The summed E-state index contributed by atoms with van der Waals surface area (Å²) in [4.78, 5) is 11.8. The van der Waals surface area contributed by atoms with Crippen molar-refractivity contribution in [1.82, 2.24) is 5.32 Å². The third kappa shape index (κ3) is 5.60. The smallest absolute Gasteiger partial charge is 0.319 e. The van der Waals surface area contributed by atoms with Crippen LogP contribution in [0.25, 0.3) is 0 Å². The Morgan fingerprint density at radius 1 is 0.909 bits per heavy atom. The van der Waals surface area contributed by atoms with Gasteiger partial charge in [-0.25, -0.2) is 4.79 Å². The summed E-state index contributed by atoms with van der Waals surface area (Å²) in [6, 6.07) is 18.2. The van der Waals surface area contributed by atoms with E-state index in [1.807, 2.05) is 30.3 Å². The second-order valence-electron chi connectivity index (χ2n) is 5.37. The zero-order valence-electron chi connectivity index (χ0n) is 13.1. The molecule has 2 N–H and O–H groups in total. The summed E-state index contributed by atoms with van der Waals surface area (Å²) in [6.45, 7) is 2.82. The molecule has 0 fully saturated rings. The summed E-state index contributed by atoms with van der Waals surface area (Å²) in [5.74, 6) is 0. The Labute approximate surface area is 132 Å². The van der Waals surface area contributed by atoms with Gasteiger partial charge >= 0.3 is 6.03 Å². The Bertz CT molecular complexity index is 564. The summed E-state index contributed by atoms with van der Waals surface area (Å²) >= 11 is 0. The number of hydrogen-bond acceptors (Lipinski definition) is 1. The number of unbranched alkanes of at least 4 members (excludes halogenated alkanes) is 1. The Morgan fingerprint density at radius 2 is 1.64 bits per heavy atom. The van der Waals surface area contributed by atoms with Crippen LogP contribution in [0.5, 0.6) is 0 Å². The number of hydrogen-bond donors (Lipinski definition) is 2. The number of rotatable bonds is 7. The van der Waals surface area contributed by atoms with Gasteiger partial charge in [0.05, 0.1) is 0 Å². The molecular formula is C19H24N2O. The van der Waals surface area contributed by atoms with Gasteiger partial charge in [0.25, 0.3) is 0 Å². The van der Waals surface area contributed by atoms with E-state index >= 15 is 0 Å². The van der Waals surface area contributed by atoms with Crippen LogP contribution in [0.3, 0.4) is 0 Å². The fourth-order valence-corrected chi connectivity index (χ4v) is 2.30. The second kappa shape index (κ2) is 8.88. The number of aryl methyl sites for hydroxylation is 2. The second-order valence-corrected chi connectivity index (χ2v) is 5.37. The molecule has 0 radical (unpaired) electrons. The molecule has 0 spiro atoms. The highest BCUT2D eigenvalue weighted by Crippen LogP contribution is 2.09. The third-order valence-corrected chi connectivity index (χ3v) is 3.64. The van der Waals surface area contributed by atoms with E-state index in [2.05, 4.69) is 41.8 Å². The first-order valence-corrected chi connectivity index (χ1v) is 7.95. The monoisotopic (exact) mass is 296 g/mol. The van der Waals surface area contributed by atoms with Gasteiger partial charge in [0.2, 0.25) is 0 Å². The van der Waals surface area contributed by atoms with Crippen molar-refractivity contribution in [3.8, 4) is 0 Å². The molecular weight excluding hydrogens is 272 g/mol. The summed E-state index contributed by atoms with van der Waals surface area (Å²) in [6.07, 6.45) is 4.13. The lowest BCUT2D eigenvalue weighted by molar-refractivity contribution is 0.252. The molecule has 0 aliphatic carbocycles. The fourth-order valence-electron chi connectivity index (χ4n) is 2.30. The van der Waals surface area contributed by atoms with Crippen LogP contribution < -0.4 is 10.6 Å². The van der Waals surface area contributed by atoms with Crippen LogP contribution in [-0.2, 0) is 12.8 Å². The normalized spacial score (nSPS) is 10.2. The number of benzene rings is 2. The minimum absolute atomic E-state index is 0.135. The molecule has 116 valence electrons. The van der Waals surface area contributed by atoms with Gasteiger partial charge in [0.1, 0.15) is 0 Å². The van der Waals surface area contributed by atoms with Crippen molar-refractivity contribution in [1.29, 1.82) is 0 Å². The van der Waals surface area contributed by atoms with Gasteiger partial charge in [0.15, 0.2) is 0 Å². The molecule has 0 atom stereocenters. The predicted molar refractivity (Wildman–Crippen MR) is 92.2 cm³/mol. The molecule has 2 aromatic carbocycles. The van der Waals surface area contributed by atoms with Crippen molar-refractivity contribution in [2.75, 3.05) is 11.9 Å². The Kier molecular flexibility index (Phi) is 6.49. The van der Waals surface area contributed by atoms with Crippen molar-refractivity contribution in [3.05, 3.63) is 65.7 Å². The van der Waals surface area contributed by atoms with E-state index in [0.717, 1.165) is 31.4 Å². The van der Waals surface area contributed by atoms with E-state index < -0.39 is 0 Å². The molecule has 2 rings (SSSR count). The molecule has 0 heterocycles. The van der Waals surface area contributed by atoms with Crippen LogP contribution in [0, 0.1) is 0 Å². The minimum Gasteiger partial charge on any atom is -0.338 e. The van der Waals surface area contributed by atoms with Crippen LogP contribution in [0.4, 0.5) is 10.5 Å². The molecule has 0 aliphatic rings. The number of nitrogens with one attached hydrogen (secondary N) is 2. The van der Waals surface area contributed by atoms with E-state index in [-0.39, 0.29) is 6.03 Å². The molecule has 2 aromatic rings. The lowest BCUT2D eigenvalue weighted by Crippen LogP contribution is -2.29. The van der Waals surface area contributed by atoms with E-state index in [4.69, 9.17) is 0 Å². The number of carbonyl (C=O) groups is 1. The topological polar surface area (TPSA) is 41.1 Å². The van der Waals surface area contributed by atoms with Crippen molar-refractivity contribution in [2.24, 2.45) is 0 Å². The van der Waals surface area contributed by atoms with Gasteiger partial charge < -0.3 is 10.6 Å². The first-order chi connectivity index (χ1) is 10.8. The molecule has 0 aliphatic heterocycles. The van der Waals surface area contributed by atoms with Crippen molar-refractivity contribution < 1.29 is 4.79 Å². The van der Waals surface area contributed by atoms with Gasteiger partial charge in [-0.1, -0.05) is 49.4 Å². The molecule has 2 amide bonds. The number of amides is 2. The maximum atomic E-state index is 11.8. The first kappa shape index (κ1) is 16.1. The van der Waals surface area contributed by atoms with Crippen LogP contribution in [0.2, 0.25) is 0 Å². The van der Waals surface area contributed by atoms with E-state index in [0.29, 0.717) is 6.54 Å². The SMILES string of the molecule is CCc1ccc(NC(=O)NCCCCc2ccccc2)cc1. The lowest BCUT2D eigenvalue weighted by atomic mass is 10.1. The molecule has 0 aromatic heterocycles. The van der Waals surface area contributed by atoms with Gasteiger partial charge in [-0.05, 0) is 48.9 Å². The van der Waals surface area contributed by atoms with Crippen LogP contribution in [0.1, 0.15) is 30.9 Å². The molecule has 3 nitrogen and oxygen atoms in total. The standard InChI is InChI=1S/C19H24N2O/c1-2-16-11-13-18(14-12-16)21-19(22)20-15-7-6-10-17-8-4-3-5-9-17/h3-5,8-9,11-14H,2,6-7,10,15H2,1H3,(H2,20,21,22). The van der Waals surface area contributed by atoms with Crippen molar-refractivity contribution in [3.63, 3.8) is 0 Å². The number of carbonyl (C=O) groups excluding carboxylic acids is 1. The molecule has 0 bridgehead atoms. The number of anilines is 1. The van der Waals surface area contributed by atoms with Crippen LogP contribution >= 0.6 is 0 Å². The Balaban J connectivity index is 1.61. The lowest BCUT2D eigenvalue weighted by Gasteiger charge is -2.08. The van der Waals surface area contributed by atoms with Gasteiger partial charge in [-0.2, -0.15) is 0 Å². The Hall–Kier alpha value is -2.29.